The molecule has 1 N–H and O–H groups in total. The average molecular weight is 431 g/mol. The molecule has 0 fully saturated rings. The van der Waals surface area contributed by atoms with E-state index in [-0.39, 0.29) is 16.8 Å². The summed E-state index contributed by atoms with van der Waals surface area (Å²) in [6.45, 7) is 6.46. The lowest BCUT2D eigenvalue weighted by Crippen LogP contribution is -2.37. The summed E-state index contributed by atoms with van der Waals surface area (Å²) < 4.78 is 7.02. The van der Waals surface area contributed by atoms with Gasteiger partial charge in [-0.3, -0.25) is 19.0 Å². The summed E-state index contributed by atoms with van der Waals surface area (Å²) in [6.07, 6.45) is 0.915. The lowest BCUT2D eigenvalue weighted by atomic mass is 9.75. The minimum absolute atomic E-state index is 0.0606. The summed E-state index contributed by atoms with van der Waals surface area (Å²) in [4.78, 5) is 39.6. The van der Waals surface area contributed by atoms with Gasteiger partial charge in [-0.1, -0.05) is 32.0 Å². The van der Waals surface area contributed by atoms with Crippen LogP contribution in [0, 0.1) is 5.41 Å². The van der Waals surface area contributed by atoms with E-state index in [1.807, 2.05) is 26.8 Å². The zero-order valence-corrected chi connectivity index (χ0v) is 18.5. The van der Waals surface area contributed by atoms with Crippen LogP contribution < -0.4 is 15.6 Å². The summed E-state index contributed by atoms with van der Waals surface area (Å²) in [7, 11) is 0. The monoisotopic (exact) mass is 430 g/mol. The zero-order valence-electron chi connectivity index (χ0n) is 18.5. The number of benzene rings is 2. The molecule has 0 aliphatic heterocycles. The Balaban J connectivity index is 1.87. The number of amides is 1. The number of ether oxygens (including phenoxy) is 1. The molecule has 0 atom stereocenters. The number of anilines is 1. The van der Waals surface area contributed by atoms with E-state index in [2.05, 4.69) is 5.32 Å². The fourth-order valence-corrected chi connectivity index (χ4v) is 4.13. The number of aromatic nitrogens is 1. The Bertz CT molecular complexity index is 1230. The molecule has 1 heterocycles. The molecule has 0 radical (unpaired) electrons. The second kappa shape index (κ2) is 8.46. The van der Waals surface area contributed by atoms with E-state index < -0.39 is 11.5 Å². The number of nitrogens with one attached hydrogen (secondary N) is 1. The van der Waals surface area contributed by atoms with Crippen LogP contribution in [0.2, 0.25) is 0 Å². The number of pyridine rings is 1. The molecule has 1 aliphatic rings. The topological polar surface area (TPSA) is 77.4 Å². The second-order valence-corrected chi connectivity index (χ2v) is 8.75. The molecule has 32 heavy (non-hydrogen) atoms. The van der Waals surface area contributed by atoms with Crippen molar-refractivity contribution in [3.63, 3.8) is 0 Å². The van der Waals surface area contributed by atoms with Gasteiger partial charge in [0.15, 0.2) is 5.78 Å². The van der Waals surface area contributed by atoms with Crippen molar-refractivity contribution in [1.29, 1.82) is 0 Å². The van der Waals surface area contributed by atoms with Crippen LogP contribution >= 0.6 is 0 Å². The maximum atomic E-state index is 13.6. The summed E-state index contributed by atoms with van der Waals surface area (Å²) in [5.41, 5.74) is 1.44. The minimum atomic E-state index is -0.540. The minimum Gasteiger partial charge on any atom is -0.494 e. The largest absolute Gasteiger partial charge is 0.494 e. The van der Waals surface area contributed by atoms with Crippen LogP contribution in [0.15, 0.2) is 65.5 Å². The van der Waals surface area contributed by atoms with Crippen LogP contribution in [0.4, 0.5) is 5.69 Å². The third-order valence-electron chi connectivity index (χ3n) is 5.57. The van der Waals surface area contributed by atoms with Gasteiger partial charge in [-0.15, -0.1) is 0 Å². The lowest BCUT2D eigenvalue weighted by molar-refractivity contribution is 0.0909. The van der Waals surface area contributed by atoms with Crippen LogP contribution in [-0.4, -0.2) is 22.9 Å². The van der Waals surface area contributed by atoms with E-state index in [1.54, 1.807) is 48.5 Å². The van der Waals surface area contributed by atoms with Gasteiger partial charge in [0.25, 0.3) is 11.5 Å². The van der Waals surface area contributed by atoms with Gasteiger partial charge >= 0.3 is 0 Å². The van der Waals surface area contributed by atoms with E-state index in [1.165, 1.54) is 10.6 Å². The molecule has 1 aliphatic carbocycles. The van der Waals surface area contributed by atoms with Crippen LogP contribution in [0.1, 0.15) is 53.6 Å². The molecule has 1 aromatic heterocycles. The normalized spacial score (nSPS) is 14.5. The summed E-state index contributed by atoms with van der Waals surface area (Å²) in [5, 5.41) is 2.76. The second-order valence-electron chi connectivity index (χ2n) is 8.75. The number of nitrogens with zero attached hydrogens (tertiary/aromatic N) is 1. The highest BCUT2D eigenvalue weighted by atomic mass is 16.5. The predicted octanol–water partition coefficient (Wildman–Crippen LogP) is 4.64. The molecule has 0 unspecified atom stereocenters. The Hall–Kier alpha value is -3.67. The maximum Gasteiger partial charge on any atom is 0.268 e. The van der Waals surface area contributed by atoms with Gasteiger partial charge in [-0.05, 0) is 61.2 Å². The number of ketones is 1. The van der Waals surface area contributed by atoms with Gasteiger partial charge in [0.05, 0.1) is 6.61 Å². The number of carbonyl (C=O) groups excluding carboxylic acids is 2. The third-order valence-corrected chi connectivity index (χ3v) is 5.57. The Morgan fingerprint density at radius 1 is 1.03 bits per heavy atom. The van der Waals surface area contributed by atoms with Gasteiger partial charge in [-0.2, -0.15) is 0 Å². The molecular formula is C26H26N2O4. The first-order chi connectivity index (χ1) is 15.3. The van der Waals surface area contributed by atoms with E-state index in [4.69, 9.17) is 4.74 Å². The van der Waals surface area contributed by atoms with Crippen LogP contribution in [0.5, 0.6) is 5.75 Å². The highest BCUT2D eigenvalue weighted by Gasteiger charge is 2.35. The zero-order chi connectivity index (χ0) is 22.9. The third kappa shape index (κ3) is 4.21. The quantitative estimate of drug-likeness (QED) is 0.640. The van der Waals surface area contributed by atoms with Crippen molar-refractivity contribution in [3.8, 4) is 11.4 Å². The number of para-hydroxylation sites is 1. The van der Waals surface area contributed by atoms with E-state index >= 15 is 0 Å². The number of carbonyl (C=O) groups is 2. The molecule has 1 amide bonds. The predicted molar refractivity (Wildman–Crippen MR) is 124 cm³/mol. The molecule has 3 aromatic rings. The van der Waals surface area contributed by atoms with E-state index in [0.717, 1.165) is 0 Å². The van der Waals surface area contributed by atoms with Crippen molar-refractivity contribution in [2.45, 2.75) is 33.6 Å². The molecule has 164 valence electrons. The molecule has 6 heteroatoms. The molecule has 0 bridgehead atoms. The molecule has 0 saturated heterocycles. The van der Waals surface area contributed by atoms with Crippen LogP contribution in [0.3, 0.4) is 0 Å². The van der Waals surface area contributed by atoms with E-state index in [0.29, 0.717) is 47.8 Å². The Morgan fingerprint density at radius 2 is 1.72 bits per heavy atom. The van der Waals surface area contributed by atoms with Crippen molar-refractivity contribution < 1.29 is 14.3 Å². The first-order valence-electron chi connectivity index (χ1n) is 10.7. The Kier molecular flexibility index (Phi) is 5.70. The van der Waals surface area contributed by atoms with Crippen LogP contribution in [0.25, 0.3) is 5.69 Å². The highest BCUT2D eigenvalue weighted by molar-refractivity contribution is 6.07. The lowest BCUT2D eigenvalue weighted by Gasteiger charge is -2.32. The summed E-state index contributed by atoms with van der Waals surface area (Å²) >= 11 is 0. The number of fused-ring (bicyclic) bond motifs is 1. The van der Waals surface area contributed by atoms with Crippen molar-refractivity contribution in [1.82, 2.24) is 4.57 Å². The number of rotatable bonds is 5. The number of hydrogen-bond acceptors (Lipinski definition) is 4. The fraction of sp³-hybridized carbons (Fsp3) is 0.269. The van der Waals surface area contributed by atoms with Crippen molar-refractivity contribution in [2.24, 2.45) is 5.41 Å². The SMILES string of the molecule is CCOc1ccc(-n2c3c(cc(C(=O)Nc4ccccc4)c2=O)C(=O)CC(C)(C)C3)cc1. The number of hydrogen-bond donors (Lipinski definition) is 1. The fourth-order valence-electron chi connectivity index (χ4n) is 4.13. The average Bonchev–Trinajstić information content (AvgIpc) is 2.74. The van der Waals surface area contributed by atoms with Gasteiger partial charge in [-0.25, -0.2) is 0 Å². The number of Topliss-reactive ketones (excluding diaryl/α,β-unsaturated/α-hetero) is 1. The smallest absolute Gasteiger partial charge is 0.268 e. The van der Waals surface area contributed by atoms with E-state index in [9.17, 15) is 14.4 Å². The standard InChI is InChI=1S/C26H26N2O4/c1-4-32-19-12-10-18(11-13-19)28-22-15-26(2,3)16-23(29)20(22)14-21(25(28)31)24(30)27-17-8-6-5-7-9-17/h5-14H,4,15-16H2,1-3H3,(H,27,30). The first-order valence-corrected chi connectivity index (χ1v) is 10.7. The van der Waals surface area contributed by atoms with Gasteiger partial charge in [0, 0.05) is 29.1 Å². The maximum absolute atomic E-state index is 13.6. The van der Waals surface area contributed by atoms with Crippen molar-refractivity contribution in [2.75, 3.05) is 11.9 Å². The Labute approximate surface area is 186 Å². The summed E-state index contributed by atoms with van der Waals surface area (Å²) in [5.74, 6) is 0.0820. The van der Waals surface area contributed by atoms with Crippen LogP contribution in [-0.2, 0) is 6.42 Å². The highest BCUT2D eigenvalue weighted by Crippen LogP contribution is 2.35. The molecule has 6 nitrogen and oxygen atoms in total. The van der Waals surface area contributed by atoms with Gasteiger partial charge < -0.3 is 10.1 Å². The first kappa shape index (κ1) is 21.6. The Morgan fingerprint density at radius 3 is 2.38 bits per heavy atom. The summed E-state index contributed by atoms with van der Waals surface area (Å²) in [6, 6.07) is 17.5. The molecular weight excluding hydrogens is 404 g/mol. The van der Waals surface area contributed by atoms with Crippen molar-refractivity contribution >= 4 is 17.4 Å². The van der Waals surface area contributed by atoms with Crippen molar-refractivity contribution in [3.05, 3.63) is 87.8 Å². The molecule has 2 aromatic carbocycles. The molecule has 0 saturated carbocycles. The molecule has 4 rings (SSSR count). The van der Waals surface area contributed by atoms with Gasteiger partial charge in [0.2, 0.25) is 0 Å². The molecule has 0 spiro atoms. The van der Waals surface area contributed by atoms with Gasteiger partial charge in [0.1, 0.15) is 11.3 Å².